The van der Waals surface area contributed by atoms with Gasteiger partial charge < -0.3 is 4.90 Å². The number of para-hydroxylation sites is 1. The van der Waals surface area contributed by atoms with Crippen molar-refractivity contribution in [1.82, 2.24) is 15.0 Å². The molecule has 0 saturated heterocycles. The fraction of sp³-hybridized carbons (Fsp3) is 0.350. The van der Waals surface area contributed by atoms with Gasteiger partial charge in [-0.1, -0.05) is 49.8 Å². The number of nitrogens with zero attached hydrogens (tertiary/aromatic N) is 4. The lowest BCUT2D eigenvalue weighted by molar-refractivity contribution is -0.125. The number of benzene rings is 2. The van der Waals surface area contributed by atoms with Crippen LogP contribution in [0.1, 0.15) is 74.7 Å². The zero-order chi connectivity index (χ0) is 31.8. The molecule has 0 unspecified atom stereocenters. The zero-order valence-corrected chi connectivity index (χ0v) is 26.8. The highest BCUT2D eigenvalue weighted by Gasteiger charge is 2.54. The number of hydrogen-bond acceptors (Lipinski definition) is 5. The third-order valence-electron chi connectivity index (χ3n) is 10.3. The lowest BCUT2D eigenvalue weighted by atomic mass is 9.52. The molecule has 234 valence electrons. The summed E-state index contributed by atoms with van der Waals surface area (Å²) in [6, 6.07) is 21.1. The fourth-order valence-electron chi connectivity index (χ4n) is 8.10. The topological polar surface area (TPSA) is 59.0 Å². The summed E-state index contributed by atoms with van der Waals surface area (Å²) in [4.78, 5) is 31.6. The number of fused-ring (bicyclic) bond motifs is 3. The molecule has 3 atom stereocenters. The van der Waals surface area contributed by atoms with Crippen LogP contribution in [0.5, 0.6) is 0 Å². The number of carbonyl (C=O) groups excluding carboxylic acids is 1. The van der Waals surface area contributed by atoms with Crippen LogP contribution in [0, 0.1) is 17.7 Å². The summed E-state index contributed by atoms with van der Waals surface area (Å²) >= 11 is 0. The number of hydrogen-bond donors (Lipinski definition) is 0. The van der Waals surface area contributed by atoms with Crippen molar-refractivity contribution in [3.63, 3.8) is 0 Å². The quantitative estimate of drug-likeness (QED) is 0.139. The van der Waals surface area contributed by atoms with Crippen molar-refractivity contribution in [3.8, 4) is 22.6 Å². The first-order chi connectivity index (χ1) is 22.4. The first-order valence-electron chi connectivity index (χ1n) is 16.7. The third-order valence-corrected chi connectivity index (χ3v) is 10.3. The standard InChI is InChI=1S/C40H41FN4O/c1-4-11-30-33-19-18-32-36(31-14-9-10-15-34(31)41)43-39(27-20-22-42-35(23-27)26-16-17-26)44-38(32)40(33,21-5-2)24-28(37(30)46)25-45(3)29-12-7-6-8-13-29/h4,6-10,12-15,20,22-23,25-26,30,33H,1,5,11,16-19,21,24H2,2-3H3/b28-25-/t30-,33-,40-/m1/s1. The van der Waals surface area contributed by atoms with Crippen LogP contribution in [-0.4, -0.2) is 27.8 Å². The summed E-state index contributed by atoms with van der Waals surface area (Å²) < 4.78 is 15.6. The molecule has 3 aliphatic rings. The molecule has 4 aromatic rings. The first-order valence-corrected chi connectivity index (χ1v) is 16.7. The zero-order valence-electron chi connectivity index (χ0n) is 26.8. The maximum absolute atomic E-state index is 15.6. The van der Waals surface area contributed by atoms with E-state index in [0.29, 0.717) is 42.3 Å². The van der Waals surface area contributed by atoms with Gasteiger partial charge in [-0.05, 0) is 87.3 Å². The molecular weight excluding hydrogens is 571 g/mol. The van der Waals surface area contributed by atoms with E-state index in [9.17, 15) is 4.79 Å². The predicted octanol–water partition coefficient (Wildman–Crippen LogP) is 9.01. The average Bonchev–Trinajstić information content (AvgIpc) is 3.93. The van der Waals surface area contributed by atoms with E-state index in [1.807, 2.05) is 61.9 Å². The van der Waals surface area contributed by atoms with Crippen LogP contribution >= 0.6 is 0 Å². The second-order valence-corrected chi connectivity index (χ2v) is 13.3. The lowest BCUT2D eigenvalue weighted by Crippen LogP contribution is -2.51. The number of aromatic nitrogens is 3. The van der Waals surface area contributed by atoms with Gasteiger partial charge in [0.25, 0.3) is 0 Å². The Labute approximate surface area is 271 Å². The number of ketones is 1. The van der Waals surface area contributed by atoms with Crippen molar-refractivity contribution in [2.75, 3.05) is 11.9 Å². The predicted molar refractivity (Wildman–Crippen MR) is 182 cm³/mol. The van der Waals surface area contributed by atoms with Gasteiger partial charge in [0.15, 0.2) is 11.6 Å². The minimum atomic E-state index is -0.405. The monoisotopic (exact) mass is 612 g/mol. The highest BCUT2D eigenvalue weighted by atomic mass is 19.1. The summed E-state index contributed by atoms with van der Waals surface area (Å²) in [6.45, 7) is 6.27. The summed E-state index contributed by atoms with van der Waals surface area (Å²) in [5, 5.41) is 0. The number of rotatable bonds is 9. The molecule has 0 amide bonds. The lowest BCUT2D eigenvalue weighted by Gasteiger charge is -2.51. The fourth-order valence-corrected chi connectivity index (χ4v) is 8.10. The van der Waals surface area contributed by atoms with Gasteiger partial charge in [0.05, 0.1) is 11.4 Å². The third kappa shape index (κ3) is 5.38. The number of Topliss-reactive ketones (excluding diaryl/α,β-unsaturated/α-hetero) is 1. The van der Waals surface area contributed by atoms with Crippen LogP contribution in [-0.2, 0) is 16.6 Å². The number of anilines is 1. The van der Waals surface area contributed by atoms with Crippen molar-refractivity contribution in [2.45, 2.75) is 69.6 Å². The van der Waals surface area contributed by atoms with Gasteiger partial charge in [-0.25, -0.2) is 14.4 Å². The molecular formula is C40H41FN4O. The normalized spacial score (nSPS) is 23.1. The summed E-state index contributed by atoms with van der Waals surface area (Å²) in [5.74, 6) is 0.899. The van der Waals surface area contributed by atoms with E-state index in [2.05, 4.69) is 41.6 Å². The molecule has 3 aliphatic carbocycles. The molecule has 0 aliphatic heterocycles. The Morgan fingerprint density at radius 2 is 1.83 bits per heavy atom. The highest BCUT2D eigenvalue weighted by Crippen LogP contribution is 2.57. The van der Waals surface area contributed by atoms with Crippen LogP contribution in [0.25, 0.3) is 22.6 Å². The minimum Gasteiger partial charge on any atom is -0.351 e. The van der Waals surface area contributed by atoms with Gasteiger partial charge >= 0.3 is 0 Å². The van der Waals surface area contributed by atoms with E-state index in [-0.39, 0.29) is 23.4 Å². The molecule has 2 saturated carbocycles. The Hall–Kier alpha value is -4.45. The summed E-state index contributed by atoms with van der Waals surface area (Å²) in [7, 11) is 2.00. The molecule has 6 heteroatoms. The molecule has 0 N–H and O–H groups in total. The van der Waals surface area contributed by atoms with Gasteiger partial charge in [-0.3, -0.25) is 9.78 Å². The van der Waals surface area contributed by atoms with Crippen molar-refractivity contribution in [3.05, 3.63) is 120 Å². The van der Waals surface area contributed by atoms with Crippen LogP contribution in [0.15, 0.2) is 97.4 Å². The molecule has 7 rings (SSSR count). The molecule has 46 heavy (non-hydrogen) atoms. The van der Waals surface area contributed by atoms with Crippen molar-refractivity contribution >= 4 is 11.5 Å². The molecule has 5 nitrogen and oxygen atoms in total. The van der Waals surface area contributed by atoms with Crippen LogP contribution in [0.3, 0.4) is 0 Å². The van der Waals surface area contributed by atoms with E-state index in [1.165, 1.54) is 6.07 Å². The number of carbonyl (C=O) groups is 1. The molecule has 2 fully saturated rings. The van der Waals surface area contributed by atoms with Crippen LogP contribution < -0.4 is 4.90 Å². The van der Waals surface area contributed by atoms with Crippen molar-refractivity contribution < 1.29 is 9.18 Å². The molecule has 0 spiro atoms. The minimum absolute atomic E-state index is 0.0975. The summed E-state index contributed by atoms with van der Waals surface area (Å²) in [5.41, 5.74) is 6.55. The maximum Gasteiger partial charge on any atom is 0.164 e. The van der Waals surface area contributed by atoms with Gasteiger partial charge in [0, 0.05) is 70.3 Å². The first kappa shape index (κ1) is 30.2. The van der Waals surface area contributed by atoms with Gasteiger partial charge in [-0.15, -0.1) is 6.58 Å². The van der Waals surface area contributed by atoms with Crippen LogP contribution in [0.2, 0.25) is 0 Å². The molecule has 0 bridgehead atoms. The largest absolute Gasteiger partial charge is 0.351 e. The highest BCUT2D eigenvalue weighted by molar-refractivity contribution is 5.99. The van der Waals surface area contributed by atoms with E-state index < -0.39 is 5.41 Å². The number of halogens is 1. The average molecular weight is 613 g/mol. The van der Waals surface area contributed by atoms with Crippen LogP contribution in [0.4, 0.5) is 10.1 Å². The van der Waals surface area contributed by atoms with Gasteiger partial charge in [-0.2, -0.15) is 0 Å². The molecule has 2 heterocycles. The Balaban J connectivity index is 1.45. The van der Waals surface area contributed by atoms with Gasteiger partial charge in [0.1, 0.15) is 5.82 Å². The summed E-state index contributed by atoms with van der Waals surface area (Å²) in [6.07, 6.45) is 12.6. The second-order valence-electron chi connectivity index (χ2n) is 13.3. The van der Waals surface area contributed by atoms with E-state index >= 15 is 4.39 Å². The van der Waals surface area contributed by atoms with E-state index in [4.69, 9.17) is 9.97 Å². The van der Waals surface area contributed by atoms with Gasteiger partial charge in [0.2, 0.25) is 0 Å². The van der Waals surface area contributed by atoms with E-state index in [1.54, 1.807) is 6.07 Å². The number of pyridine rings is 1. The molecule has 0 radical (unpaired) electrons. The second kappa shape index (κ2) is 12.4. The Kier molecular flexibility index (Phi) is 8.14. The molecule has 2 aromatic carbocycles. The maximum atomic E-state index is 15.6. The van der Waals surface area contributed by atoms with E-state index in [0.717, 1.165) is 65.9 Å². The Bertz CT molecular complexity index is 1810. The Morgan fingerprint density at radius 3 is 2.57 bits per heavy atom. The van der Waals surface area contributed by atoms with Crippen molar-refractivity contribution in [1.29, 1.82) is 0 Å². The molecule has 2 aromatic heterocycles. The Morgan fingerprint density at radius 1 is 1.04 bits per heavy atom. The SMILES string of the molecule is C=CC[C@H]1C(=O)/C(=C\N(C)c2ccccc2)C[C@@]2(CCC)c3nc(-c4ccnc(C5CC5)c4)nc(-c4ccccc4F)c3CC[C@H]12. The number of allylic oxidation sites excluding steroid dienone is 2. The van der Waals surface area contributed by atoms with Crippen molar-refractivity contribution in [2.24, 2.45) is 11.8 Å². The smallest absolute Gasteiger partial charge is 0.164 e.